The van der Waals surface area contributed by atoms with Crippen LogP contribution in [-0.4, -0.2) is 48.9 Å². The normalized spacial score (nSPS) is 11.8. The van der Waals surface area contributed by atoms with Gasteiger partial charge in [0.15, 0.2) is 5.82 Å². The van der Waals surface area contributed by atoms with Crippen LogP contribution in [0.25, 0.3) is 11.4 Å². The summed E-state index contributed by atoms with van der Waals surface area (Å²) in [7, 11) is 1.88. The molecule has 0 spiro atoms. The topological polar surface area (TPSA) is 105 Å². The van der Waals surface area contributed by atoms with Gasteiger partial charge in [-0.05, 0) is 43.8 Å². The van der Waals surface area contributed by atoms with Crippen LogP contribution in [0.1, 0.15) is 24.1 Å². The smallest absolute Gasteiger partial charge is 0.239 e. The van der Waals surface area contributed by atoms with Gasteiger partial charge in [-0.2, -0.15) is 15.5 Å². The van der Waals surface area contributed by atoms with Gasteiger partial charge >= 0.3 is 0 Å². The molecular formula is C23H22N8O. The van der Waals surface area contributed by atoms with Crippen molar-refractivity contribution in [3.05, 3.63) is 84.6 Å². The van der Waals surface area contributed by atoms with Crippen molar-refractivity contribution >= 4 is 11.7 Å². The van der Waals surface area contributed by atoms with E-state index >= 15 is 0 Å². The Morgan fingerprint density at radius 2 is 1.88 bits per heavy atom. The average Bonchev–Trinajstić information content (AvgIpc) is 3.49. The molecule has 0 saturated carbocycles. The summed E-state index contributed by atoms with van der Waals surface area (Å²) in [6.45, 7) is 2.18. The summed E-state index contributed by atoms with van der Waals surface area (Å²) in [5.74, 6) is 0.134. The summed E-state index contributed by atoms with van der Waals surface area (Å²) >= 11 is 0. The number of likely N-dealkylation sites (N-methyl/N-ethyl adjacent to an activating group) is 1. The molecule has 9 heteroatoms. The highest BCUT2D eigenvalue weighted by molar-refractivity contribution is 5.93. The summed E-state index contributed by atoms with van der Waals surface area (Å²) < 4.78 is 3.25. The van der Waals surface area contributed by atoms with Crippen LogP contribution in [0, 0.1) is 11.3 Å². The first kappa shape index (κ1) is 21.0. The number of amides is 1. The van der Waals surface area contributed by atoms with Gasteiger partial charge in [-0.25, -0.2) is 14.3 Å². The fourth-order valence-electron chi connectivity index (χ4n) is 3.35. The van der Waals surface area contributed by atoms with Gasteiger partial charge in [0.2, 0.25) is 5.91 Å². The van der Waals surface area contributed by atoms with Crippen molar-refractivity contribution in [2.24, 2.45) is 0 Å². The molecule has 2 aromatic carbocycles. The Hall–Kier alpha value is -4.29. The number of aromatic nitrogens is 5. The number of hydrogen-bond acceptors (Lipinski definition) is 6. The average molecular weight is 426 g/mol. The maximum atomic E-state index is 12.8. The molecule has 160 valence electrons. The van der Waals surface area contributed by atoms with Crippen molar-refractivity contribution in [2.45, 2.75) is 13.0 Å². The van der Waals surface area contributed by atoms with E-state index in [9.17, 15) is 10.1 Å². The number of carbonyl (C=O) groups is 1. The van der Waals surface area contributed by atoms with E-state index in [1.165, 1.54) is 12.5 Å². The summed E-state index contributed by atoms with van der Waals surface area (Å²) in [6, 6.07) is 19.4. The molecule has 0 saturated heterocycles. The van der Waals surface area contributed by atoms with Gasteiger partial charge in [0.25, 0.3) is 0 Å². The zero-order valence-corrected chi connectivity index (χ0v) is 17.8. The van der Waals surface area contributed by atoms with Crippen LogP contribution in [0.2, 0.25) is 0 Å². The van der Waals surface area contributed by atoms with Crippen LogP contribution >= 0.6 is 0 Å². The minimum absolute atomic E-state index is 0.0000164. The Kier molecular flexibility index (Phi) is 6.05. The fraction of sp³-hybridized carbons (Fsp3) is 0.174. The standard InChI is InChI=1S/C23H22N8O/c1-17(18-8-10-20(11-9-18)30-16-25-15-27-30)29(2)14-22(32)28-23-19(12-24)13-26-31(23)21-6-4-3-5-7-21/h3-11,13,15-17H,14H2,1-2H3,(H,28,32). The van der Waals surface area contributed by atoms with E-state index in [1.807, 2.05) is 73.5 Å². The first-order chi connectivity index (χ1) is 15.6. The van der Waals surface area contributed by atoms with Gasteiger partial charge in [0.1, 0.15) is 24.3 Å². The molecule has 9 nitrogen and oxygen atoms in total. The molecule has 0 aliphatic rings. The van der Waals surface area contributed by atoms with Crippen LogP contribution in [0.15, 0.2) is 73.4 Å². The number of hydrogen-bond donors (Lipinski definition) is 1. The molecule has 1 amide bonds. The van der Waals surface area contributed by atoms with Crippen molar-refractivity contribution < 1.29 is 4.79 Å². The predicted octanol–water partition coefficient (Wildman–Crippen LogP) is 2.96. The van der Waals surface area contributed by atoms with E-state index in [0.717, 1.165) is 16.9 Å². The van der Waals surface area contributed by atoms with Gasteiger partial charge in [0.05, 0.1) is 24.1 Å². The molecule has 1 N–H and O–H groups in total. The largest absolute Gasteiger partial charge is 0.308 e. The molecular weight excluding hydrogens is 404 g/mol. The van der Waals surface area contributed by atoms with Crippen LogP contribution in [-0.2, 0) is 4.79 Å². The van der Waals surface area contributed by atoms with E-state index < -0.39 is 0 Å². The lowest BCUT2D eigenvalue weighted by Crippen LogP contribution is -2.32. The van der Waals surface area contributed by atoms with Crippen molar-refractivity contribution in [3.63, 3.8) is 0 Å². The molecule has 4 aromatic rings. The Labute approximate surface area is 185 Å². The summed E-state index contributed by atoms with van der Waals surface area (Å²) in [5.41, 5.74) is 3.05. The molecule has 32 heavy (non-hydrogen) atoms. The lowest BCUT2D eigenvalue weighted by Gasteiger charge is -2.24. The number of benzene rings is 2. The third-order valence-corrected chi connectivity index (χ3v) is 5.26. The number of nitriles is 1. The number of nitrogens with one attached hydrogen (secondary N) is 1. The second kappa shape index (κ2) is 9.24. The number of rotatable bonds is 7. The quantitative estimate of drug-likeness (QED) is 0.487. The first-order valence-corrected chi connectivity index (χ1v) is 10.1. The number of para-hydroxylation sites is 1. The monoisotopic (exact) mass is 426 g/mol. The zero-order valence-electron chi connectivity index (χ0n) is 17.8. The van der Waals surface area contributed by atoms with Gasteiger partial charge in [-0.3, -0.25) is 9.69 Å². The van der Waals surface area contributed by atoms with Crippen molar-refractivity contribution in [3.8, 4) is 17.4 Å². The van der Waals surface area contributed by atoms with E-state index in [2.05, 4.69) is 26.6 Å². The second-order valence-corrected chi connectivity index (χ2v) is 7.34. The third kappa shape index (κ3) is 4.40. The molecule has 1 atom stereocenters. The summed E-state index contributed by atoms with van der Waals surface area (Å²) in [5, 5.41) is 20.7. The molecule has 0 aliphatic heterocycles. The highest BCUT2D eigenvalue weighted by Crippen LogP contribution is 2.22. The molecule has 2 aromatic heterocycles. The Bertz CT molecular complexity index is 1220. The molecule has 0 fully saturated rings. The van der Waals surface area contributed by atoms with E-state index in [1.54, 1.807) is 15.7 Å². The van der Waals surface area contributed by atoms with Crippen LogP contribution in [0.4, 0.5) is 5.82 Å². The maximum Gasteiger partial charge on any atom is 0.239 e. The number of anilines is 1. The van der Waals surface area contributed by atoms with Crippen LogP contribution < -0.4 is 5.32 Å². The Morgan fingerprint density at radius 3 is 2.53 bits per heavy atom. The summed E-state index contributed by atoms with van der Waals surface area (Å²) in [6.07, 6.45) is 4.58. The van der Waals surface area contributed by atoms with E-state index in [0.29, 0.717) is 11.4 Å². The SMILES string of the molecule is CC(c1ccc(-n2cncn2)cc1)N(C)CC(=O)Nc1c(C#N)cnn1-c1ccccc1. The van der Waals surface area contributed by atoms with Crippen molar-refractivity contribution in [1.29, 1.82) is 5.26 Å². The van der Waals surface area contributed by atoms with Gasteiger partial charge in [0, 0.05) is 6.04 Å². The zero-order chi connectivity index (χ0) is 22.5. The van der Waals surface area contributed by atoms with Crippen molar-refractivity contribution in [2.75, 3.05) is 18.9 Å². The fourth-order valence-corrected chi connectivity index (χ4v) is 3.35. The number of carbonyl (C=O) groups excluding carboxylic acids is 1. The predicted molar refractivity (Wildman–Crippen MR) is 119 cm³/mol. The summed E-state index contributed by atoms with van der Waals surface area (Å²) in [4.78, 5) is 18.7. The molecule has 0 radical (unpaired) electrons. The van der Waals surface area contributed by atoms with E-state index in [-0.39, 0.29) is 18.5 Å². The Morgan fingerprint density at radius 1 is 1.12 bits per heavy atom. The highest BCUT2D eigenvalue weighted by atomic mass is 16.2. The van der Waals surface area contributed by atoms with Crippen LogP contribution in [0.5, 0.6) is 0 Å². The lowest BCUT2D eigenvalue weighted by molar-refractivity contribution is -0.117. The third-order valence-electron chi connectivity index (χ3n) is 5.26. The first-order valence-electron chi connectivity index (χ1n) is 10.1. The molecule has 1 unspecified atom stereocenters. The van der Waals surface area contributed by atoms with E-state index in [4.69, 9.17) is 0 Å². The number of nitrogens with zero attached hydrogens (tertiary/aromatic N) is 7. The molecule has 0 bridgehead atoms. The second-order valence-electron chi connectivity index (χ2n) is 7.34. The molecule has 2 heterocycles. The highest BCUT2D eigenvalue weighted by Gasteiger charge is 2.19. The maximum absolute atomic E-state index is 12.8. The van der Waals surface area contributed by atoms with Gasteiger partial charge < -0.3 is 5.32 Å². The van der Waals surface area contributed by atoms with Crippen molar-refractivity contribution in [1.82, 2.24) is 29.4 Å². The van der Waals surface area contributed by atoms with Crippen LogP contribution in [0.3, 0.4) is 0 Å². The van der Waals surface area contributed by atoms with Gasteiger partial charge in [-0.15, -0.1) is 0 Å². The minimum atomic E-state index is -0.229. The minimum Gasteiger partial charge on any atom is -0.308 e. The Balaban J connectivity index is 1.44. The molecule has 0 aliphatic carbocycles. The van der Waals surface area contributed by atoms with Gasteiger partial charge in [-0.1, -0.05) is 30.3 Å². The lowest BCUT2D eigenvalue weighted by atomic mass is 10.1. The molecule has 4 rings (SSSR count).